The van der Waals surface area contributed by atoms with E-state index in [0.717, 1.165) is 76.5 Å². The molecule has 1 aromatic heterocycles. The average Bonchev–Trinajstić information content (AvgIpc) is 3.14. The van der Waals surface area contributed by atoms with Crippen molar-refractivity contribution in [3.8, 4) is 0 Å². The number of aryl methyl sites for hydroxylation is 1. The van der Waals surface area contributed by atoms with E-state index in [0.29, 0.717) is 5.91 Å². The summed E-state index contributed by atoms with van der Waals surface area (Å²) < 4.78 is 2.32. The van der Waals surface area contributed by atoms with Gasteiger partial charge in [-0.1, -0.05) is 25.5 Å². The first-order valence-electron chi connectivity index (χ1n) is 11.9. The maximum Gasteiger partial charge on any atom is 0.227 e. The maximum atomic E-state index is 13.2. The number of piperidine rings is 1. The maximum absolute atomic E-state index is 13.2. The third kappa shape index (κ3) is 4.70. The van der Waals surface area contributed by atoms with E-state index >= 15 is 0 Å². The van der Waals surface area contributed by atoms with Crippen LogP contribution in [0.15, 0.2) is 24.3 Å². The predicted octanol–water partition coefficient (Wildman–Crippen LogP) is 3.21. The molecule has 3 heterocycles. The van der Waals surface area contributed by atoms with Crippen LogP contribution in [0.3, 0.4) is 0 Å². The van der Waals surface area contributed by atoms with Gasteiger partial charge in [0, 0.05) is 39.3 Å². The van der Waals surface area contributed by atoms with Crippen LogP contribution in [0, 0.1) is 5.92 Å². The number of piperazine rings is 1. The second-order valence-corrected chi connectivity index (χ2v) is 8.86. The Bertz CT molecular complexity index is 839. The fraction of sp³-hybridized carbons (Fsp3) is 0.667. The topological polar surface area (TPSA) is 44.6 Å². The van der Waals surface area contributed by atoms with Gasteiger partial charge < -0.3 is 9.47 Å². The number of para-hydroxylation sites is 2. The van der Waals surface area contributed by atoms with E-state index in [1.807, 2.05) is 0 Å². The van der Waals surface area contributed by atoms with Gasteiger partial charge in [0.25, 0.3) is 0 Å². The lowest BCUT2D eigenvalue weighted by Crippen LogP contribution is -2.52. The Morgan fingerprint density at radius 2 is 1.87 bits per heavy atom. The van der Waals surface area contributed by atoms with E-state index < -0.39 is 0 Å². The molecule has 2 aromatic rings. The highest BCUT2D eigenvalue weighted by Crippen LogP contribution is 2.23. The lowest BCUT2D eigenvalue weighted by atomic mass is 9.96. The smallest absolute Gasteiger partial charge is 0.227 e. The van der Waals surface area contributed by atoms with Crippen molar-refractivity contribution in [2.75, 3.05) is 45.8 Å². The van der Waals surface area contributed by atoms with Crippen LogP contribution in [-0.4, -0.2) is 76.0 Å². The van der Waals surface area contributed by atoms with Gasteiger partial charge in [-0.3, -0.25) is 14.6 Å². The van der Waals surface area contributed by atoms with Crippen molar-refractivity contribution in [2.45, 2.75) is 52.6 Å². The fourth-order valence-corrected chi connectivity index (χ4v) is 5.03. The lowest BCUT2D eigenvalue weighted by molar-refractivity contribution is -0.139. The van der Waals surface area contributed by atoms with Crippen molar-refractivity contribution < 1.29 is 4.79 Å². The van der Waals surface area contributed by atoms with Crippen LogP contribution in [0.25, 0.3) is 11.0 Å². The van der Waals surface area contributed by atoms with Gasteiger partial charge in [0.2, 0.25) is 5.91 Å². The van der Waals surface area contributed by atoms with Gasteiger partial charge >= 0.3 is 0 Å². The summed E-state index contributed by atoms with van der Waals surface area (Å²) in [4.78, 5) is 25.2. The second kappa shape index (κ2) is 9.92. The lowest BCUT2D eigenvalue weighted by Gasteiger charge is -2.39. The van der Waals surface area contributed by atoms with Crippen LogP contribution in [0.2, 0.25) is 0 Å². The molecule has 0 aliphatic carbocycles. The van der Waals surface area contributed by atoms with Crippen molar-refractivity contribution in [3.63, 3.8) is 0 Å². The van der Waals surface area contributed by atoms with Crippen molar-refractivity contribution in [1.29, 1.82) is 0 Å². The van der Waals surface area contributed by atoms with Gasteiger partial charge in [-0.05, 0) is 51.4 Å². The van der Waals surface area contributed by atoms with Crippen LogP contribution >= 0.6 is 0 Å². The summed E-state index contributed by atoms with van der Waals surface area (Å²) in [5, 5.41) is 0. The summed E-state index contributed by atoms with van der Waals surface area (Å²) in [6.45, 7) is 13.1. The highest BCUT2D eigenvalue weighted by molar-refractivity contribution is 5.79. The van der Waals surface area contributed by atoms with E-state index in [1.54, 1.807) is 0 Å². The van der Waals surface area contributed by atoms with E-state index in [1.165, 1.54) is 24.9 Å². The molecule has 1 atom stereocenters. The largest absolute Gasteiger partial charge is 0.340 e. The summed E-state index contributed by atoms with van der Waals surface area (Å²) in [6.07, 6.45) is 4.62. The zero-order valence-electron chi connectivity index (χ0n) is 18.7. The molecule has 4 rings (SSSR count). The number of nitrogens with zero attached hydrogens (tertiary/aromatic N) is 5. The normalized spacial score (nSPS) is 21.4. The Hall–Kier alpha value is -1.92. The van der Waals surface area contributed by atoms with Crippen LogP contribution in [-0.2, 0) is 17.9 Å². The van der Waals surface area contributed by atoms with Crippen LogP contribution in [0.5, 0.6) is 0 Å². The minimum absolute atomic E-state index is 0.139. The molecule has 6 nitrogen and oxygen atoms in total. The molecular weight excluding hydrogens is 374 g/mol. The van der Waals surface area contributed by atoms with Crippen molar-refractivity contribution in [2.24, 2.45) is 5.92 Å². The number of unbranched alkanes of at least 4 members (excludes halogenated alkanes) is 1. The van der Waals surface area contributed by atoms with E-state index in [-0.39, 0.29) is 5.92 Å². The third-order valence-electron chi connectivity index (χ3n) is 6.78. The quantitative estimate of drug-likeness (QED) is 0.702. The SMILES string of the molecule is CCCCN1CCN(C(=O)[C@@H]2CCCN(Cc3nc4ccccc4n3CC)C2)CC1. The number of hydrogen-bond donors (Lipinski definition) is 0. The summed E-state index contributed by atoms with van der Waals surface area (Å²) in [5.74, 6) is 1.63. The number of carbonyl (C=O) groups excluding carboxylic acids is 1. The number of benzene rings is 1. The molecule has 0 spiro atoms. The molecule has 0 N–H and O–H groups in total. The number of hydrogen-bond acceptors (Lipinski definition) is 4. The third-order valence-corrected chi connectivity index (χ3v) is 6.78. The second-order valence-electron chi connectivity index (χ2n) is 8.86. The van der Waals surface area contributed by atoms with Crippen molar-refractivity contribution in [1.82, 2.24) is 24.3 Å². The molecule has 164 valence electrons. The molecular formula is C24H37N5O. The van der Waals surface area contributed by atoms with Gasteiger partial charge in [0.15, 0.2) is 0 Å². The Balaban J connectivity index is 1.35. The zero-order chi connectivity index (χ0) is 20.9. The van der Waals surface area contributed by atoms with Crippen molar-refractivity contribution in [3.05, 3.63) is 30.1 Å². The highest BCUT2D eigenvalue weighted by Gasteiger charge is 2.31. The Kier molecular flexibility index (Phi) is 7.05. The number of amides is 1. The monoisotopic (exact) mass is 411 g/mol. The van der Waals surface area contributed by atoms with Crippen LogP contribution < -0.4 is 0 Å². The molecule has 0 bridgehead atoms. The number of rotatable bonds is 7. The first kappa shape index (κ1) is 21.3. The molecule has 0 radical (unpaired) electrons. The van der Waals surface area contributed by atoms with Gasteiger partial charge in [0.1, 0.15) is 5.82 Å². The first-order valence-corrected chi connectivity index (χ1v) is 11.9. The first-order chi connectivity index (χ1) is 14.7. The summed E-state index contributed by atoms with van der Waals surface area (Å²) in [6, 6.07) is 8.37. The molecule has 2 aliphatic heterocycles. The minimum Gasteiger partial charge on any atom is -0.340 e. The molecule has 2 aliphatic rings. The Morgan fingerprint density at radius 1 is 1.07 bits per heavy atom. The van der Waals surface area contributed by atoms with Crippen molar-refractivity contribution >= 4 is 16.9 Å². The minimum atomic E-state index is 0.139. The Morgan fingerprint density at radius 3 is 2.63 bits per heavy atom. The fourth-order valence-electron chi connectivity index (χ4n) is 5.03. The van der Waals surface area contributed by atoms with Crippen LogP contribution in [0.4, 0.5) is 0 Å². The van der Waals surface area contributed by atoms with Gasteiger partial charge in [-0.2, -0.15) is 0 Å². The summed E-state index contributed by atoms with van der Waals surface area (Å²) in [5.41, 5.74) is 2.28. The number of imidazole rings is 1. The molecule has 2 saturated heterocycles. The zero-order valence-corrected chi connectivity index (χ0v) is 18.7. The van der Waals surface area contributed by atoms with E-state index in [9.17, 15) is 4.79 Å². The number of aromatic nitrogens is 2. The van der Waals surface area contributed by atoms with E-state index in [4.69, 9.17) is 4.98 Å². The number of fused-ring (bicyclic) bond motifs is 1. The molecule has 30 heavy (non-hydrogen) atoms. The van der Waals surface area contributed by atoms with Gasteiger partial charge in [0.05, 0.1) is 23.5 Å². The Labute approximate surface area is 180 Å². The molecule has 1 amide bonds. The predicted molar refractivity (Wildman–Crippen MR) is 121 cm³/mol. The molecule has 0 unspecified atom stereocenters. The molecule has 0 saturated carbocycles. The van der Waals surface area contributed by atoms with E-state index in [2.05, 4.69) is 57.4 Å². The standard InChI is InChI=1S/C24H37N5O/c1-3-5-12-26-14-16-28(17-15-26)24(30)20-9-8-13-27(18-20)19-23-25-21-10-6-7-11-22(21)29(23)4-2/h6-7,10-11,20H,3-5,8-9,12-19H2,1-2H3/t20-/m1/s1. The highest BCUT2D eigenvalue weighted by atomic mass is 16.2. The number of likely N-dealkylation sites (tertiary alicyclic amines) is 1. The summed E-state index contributed by atoms with van der Waals surface area (Å²) in [7, 11) is 0. The summed E-state index contributed by atoms with van der Waals surface area (Å²) >= 11 is 0. The molecule has 6 heteroatoms. The van der Waals surface area contributed by atoms with Crippen LogP contribution in [0.1, 0.15) is 45.4 Å². The van der Waals surface area contributed by atoms with Gasteiger partial charge in [-0.15, -0.1) is 0 Å². The molecule has 2 fully saturated rings. The number of carbonyl (C=O) groups is 1. The average molecular weight is 412 g/mol. The van der Waals surface area contributed by atoms with Gasteiger partial charge in [-0.25, -0.2) is 4.98 Å². The molecule has 1 aromatic carbocycles.